The first-order chi connectivity index (χ1) is 15.3. The number of rotatable bonds is 6. The van der Waals surface area contributed by atoms with Crippen LogP contribution >= 0.6 is 11.3 Å². The maximum absolute atomic E-state index is 5.85. The molecule has 0 bridgehead atoms. The van der Waals surface area contributed by atoms with Gasteiger partial charge in [-0.3, -0.25) is 0 Å². The normalized spacial score (nSPS) is 12.4. The van der Waals surface area contributed by atoms with E-state index in [1.54, 1.807) is 18.4 Å². The Morgan fingerprint density at radius 1 is 0.968 bits per heavy atom. The quantitative estimate of drug-likeness (QED) is 0.342. The van der Waals surface area contributed by atoms with Gasteiger partial charge in [0.05, 0.1) is 12.8 Å². The number of hydrogen-bond acceptors (Lipinski definition) is 5. The number of aromatic nitrogens is 1. The predicted octanol–water partition coefficient (Wildman–Crippen LogP) is 6.25. The van der Waals surface area contributed by atoms with Crippen molar-refractivity contribution >= 4 is 22.7 Å². The van der Waals surface area contributed by atoms with Gasteiger partial charge in [0.1, 0.15) is 18.1 Å². The third-order valence-corrected chi connectivity index (χ3v) is 6.35. The van der Waals surface area contributed by atoms with Gasteiger partial charge in [-0.15, -0.1) is 0 Å². The highest BCUT2D eigenvalue weighted by Gasteiger charge is 2.21. The first-order valence-electron chi connectivity index (χ1n) is 10.3. The fourth-order valence-corrected chi connectivity index (χ4v) is 4.60. The first-order valence-corrected chi connectivity index (χ1v) is 11.1. The minimum atomic E-state index is 0.562. The number of nitrogens with zero attached hydrogens (tertiary/aromatic N) is 2. The van der Waals surface area contributed by atoms with Gasteiger partial charge in [-0.25, -0.2) is 9.98 Å². The number of methoxy groups -OCH3 is 1. The molecule has 31 heavy (non-hydrogen) atoms. The molecular weight excluding hydrogens is 404 g/mol. The van der Waals surface area contributed by atoms with Crippen molar-refractivity contribution in [1.82, 2.24) is 4.98 Å². The highest BCUT2D eigenvalue weighted by atomic mass is 32.1. The van der Waals surface area contributed by atoms with Crippen LogP contribution in [0.25, 0.3) is 11.3 Å². The molecule has 0 fully saturated rings. The van der Waals surface area contributed by atoms with Crippen molar-refractivity contribution in [3.63, 3.8) is 0 Å². The molecule has 5 rings (SSSR count). The standard InChI is InChI=1S/C26H22N2O2S/c1-29-22-12-13-23-20(15-22)9-14-24-25(23)28-26(31-24)27-16-18-7-10-21(11-8-18)30-17-19-5-3-2-4-6-19/h2-8,10-13,15-16H,9,14,17H2,1H3. The Morgan fingerprint density at radius 2 is 1.77 bits per heavy atom. The van der Waals surface area contributed by atoms with Gasteiger partial charge < -0.3 is 9.47 Å². The minimum Gasteiger partial charge on any atom is -0.497 e. The lowest BCUT2D eigenvalue weighted by atomic mass is 9.93. The number of thiazole rings is 1. The Hall–Kier alpha value is -3.44. The van der Waals surface area contributed by atoms with Crippen molar-refractivity contribution < 1.29 is 9.47 Å². The van der Waals surface area contributed by atoms with Gasteiger partial charge in [-0.2, -0.15) is 0 Å². The number of benzene rings is 3. The lowest BCUT2D eigenvalue weighted by Crippen LogP contribution is -2.02. The Balaban J connectivity index is 1.27. The molecule has 0 spiro atoms. The second kappa shape index (κ2) is 8.74. The molecule has 0 saturated carbocycles. The zero-order valence-corrected chi connectivity index (χ0v) is 18.1. The predicted molar refractivity (Wildman–Crippen MR) is 126 cm³/mol. The molecule has 0 amide bonds. The van der Waals surface area contributed by atoms with Crippen LogP contribution in [-0.4, -0.2) is 18.3 Å². The zero-order valence-electron chi connectivity index (χ0n) is 17.2. The van der Waals surface area contributed by atoms with E-state index in [-0.39, 0.29) is 0 Å². The summed E-state index contributed by atoms with van der Waals surface area (Å²) in [5.74, 6) is 1.74. The lowest BCUT2D eigenvalue weighted by Gasteiger charge is -2.15. The van der Waals surface area contributed by atoms with Crippen molar-refractivity contribution in [2.24, 2.45) is 4.99 Å². The van der Waals surface area contributed by atoms with Crippen molar-refractivity contribution in [3.8, 4) is 22.8 Å². The van der Waals surface area contributed by atoms with Crippen LogP contribution in [0, 0.1) is 0 Å². The van der Waals surface area contributed by atoms with Crippen molar-refractivity contribution in [1.29, 1.82) is 0 Å². The van der Waals surface area contributed by atoms with E-state index in [1.165, 1.54) is 16.0 Å². The number of aryl methyl sites for hydroxylation is 2. The Bertz CT molecular complexity index is 1210. The van der Waals surface area contributed by atoms with Gasteiger partial charge in [0.2, 0.25) is 5.13 Å². The number of hydrogen-bond donors (Lipinski definition) is 0. The second-order valence-electron chi connectivity index (χ2n) is 7.39. The van der Waals surface area contributed by atoms with Crippen LogP contribution in [0.15, 0.2) is 77.8 Å². The van der Waals surface area contributed by atoms with Gasteiger partial charge in [-0.1, -0.05) is 41.7 Å². The molecule has 1 aromatic heterocycles. The van der Waals surface area contributed by atoms with E-state index >= 15 is 0 Å². The van der Waals surface area contributed by atoms with Gasteiger partial charge in [-0.05, 0) is 72.0 Å². The zero-order chi connectivity index (χ0) is 21.0. The molecule has 1 aliphatic rings. The highest BCUT2D eigenvalue weighted by molar-refractivity contribution is 7.15. The smallest absolute Gasteiger partial charge is 0.209 e. The molecule has 0 aliphatic heterocycles. The van der Waals surface area contributed by atoms with E-state index in [1.807, 2.05) is 54.7 Å². The van der Waals surface area contributed by atoms with Gasteiger partial charge in [0.25, 0.3) is 0 Å². The molecule has 4 nitrogen and oxygen atoms in total. The molecule has 0 N–H and O–H groups in total. The molecule has 3 aromatic carbocycles. The SMILES string of the molecule is COc1ccc2c(c1)CCc1sc(N=Cc3ccc(OCc4ccccc4)cc3)nc1-2. The molecule has 0 atom stereocenters. The summed E-state index contributed by atoms with van der Waals surface area (Å²) < 4.78 is 11.2. The average molecular weight is 427 g/mol. The summed E-state index contributed by atoms with van der Waals surface area (Å²) in [6, 6.07) is 24.3. The highest BCUT2D eigenvalue weighted by Crippen LogP contribution is 2.40. The third-order valence-electron chi connectivity index (χ3n) is 5.33. The fourth-order valence-electron chi connectivity index (χ4n) is 3.68. The Labute approximate surface area is 185 Å². The molecule has 1 heterocycles. The van der Waals surface area contributed by atoms with E-state index in [0.717, 1.165) is 46.3 Å². The molecule has 0 unspecified atom stereocenters. The van der Waals surface area contributed by atoms with Crippen LogP contribution in [0.2, 0.25) is 0 Å². The van der Waals surface area contributed by atoms with Gasteiger partial charge in [0, 0.05) is 16.7 Å². The largest absolute Gasteiger partial charge is 0.497 e. The number of ether oxygens (including phenoxy) is 2. The van der Waals surface area contributed by atoms with Crippen molar-refractivity contribution in [2.75, 3.05) is 7.11 Å². The summed E-state index contributed by atoms with van der Waals surface area (Å²) >= 11 is 1.67. The summed E-state index contributed by atoms with van der Waals surface area (Å²) in [7, 11) is 1.70. The molecule has 1 aliphatic carbocycles. The number of aliphatic imine (C=N–C) groups is 1. The molecule has 5 heteroatoms. The average Bonchev–Trinajstić information content (AvgIpc) is 3.26. The van der Waals surface area contributed by atoms with Crippen molar-refractivity contribution in [2.45, 2.75) is 19.4 Å². The summed E-state index contributed by atoms with van der Waals surface area (Å²) in [4.78, 5) is 10.7. The monoisotopic (exact) mass is 426 g/mol. The van der Waals surface area contributed by atoms with E-state index in [9.17, 15) is 0 Å². The third kappa shape index (κ3) is 4.37. The van der Waals surface area contributed by atoms with E-state index < -0.39 is 0 Å². The summed E-state index contributed by atoms with van der Waals surface area (Å²) in [5.41, 5.74) is 5.72. The van der Waals surface area contributed by atoms with Crippen LogP contribution < -0.4 is 9.47 Å². The molecule has 4 aromatic rings. The molecule has 154 valence electrons. The Morgan fingerprint density at radius 3 is 2.58 bits per heavy atom. The summed E-state index contributed by atoms with van der Waals surface area (Å²) in [6.45, 7) is 0.562. The van der Waals surface area contributed by atoms with Gasteiger partial charge in [0.15, 0.2) is 0 Å². The van der Waals surface area contributed by atoms with Crippen LogP contribution in [-0.2, 0) is 19.4 Å². The molecular formula is C26H22N2O2S. The summed E-state index contributed by atoms with van der Waals surface area (Å²) in [6.07, 6.45) is 3.87. The maximum Gasteiger partial charge on any atom is 0.209 e. The topological polar surface area (TPSA) is 43.7 Å². The fraction of sp³-hybridized carbons (Fsp3) is 0.154. The number of fused-ring (bicyclic) bond motifs is 3. The Kier molecular flexibility index (Phi) is 5.50. The minimum absolute atomic E-state index is 0.562. The first kappa shape index (κ1) is 19.5. The van der Waals surface area contributed by atoms with E-state index in [2.05, 4.69) is 29.3 Å². The molecule has 0 saturated heterocycles. The summed E-state index contributed by atoms with van der Waals surface area (Å²) in [5, 5.41) is 0.790. The van der Waals surface area contributed by atoms with Gasteiger partial charge >= 0.3 is 0 Å². The maximum atomic E-state index is 5.85. The van der Waals surface area contributed by atoms with Crippen molar-refractivity contribution in [3.05, 3.63) is 94.4 Å². The van der Waals surface area contributed by atoms with Crippen LogP contribution in [0.4, 0.5) is 5.13 Å². The van der Waals surface area contributed by atoms with Crippen LogP contribution in [0.1, 0.15) is 21.6 Å². The van der Waals surface area contributed by atoms with Crippen LogP contribution in [0.3, 0.4) is 0 Å². The molecule has 0 radical (unpaired) electrons. The van der Waals surface area contributed by atoms with E-state index in [4.69, 9.17) is 14.5 Å². The lowest BCUT2D eigenvalue weighted by molar-refractivity contribution is 0.306. The second-order valence-corrected chi connectivity index (χ2v) is 8.45. The van der Waals surface area contributed by atoms with E-state index in [0.29, 0.717) is 6.61 Å². The van der Waals surface area contributed by atoms with Crippen LogP contribution in [0.5, 0.6) is 11.5 Å².